The number of amides is 1. The van der Waals surface area contributed by atoms with Crippen molar-refractivity contribution in [2.24, 2.45) is 0 Å². The summed E-state index contributed by atoms with van der Waals surface area (Å²) >= 11 is 4.65. The molecule has 6 heteroatoms. The van der Waals surface area contributed by atoms with Crippen LogP contribution in [0.3, 0.4) is 0 Å². The first-order chi connectivity index (χ1) is 9.93. The van der Waals surface area contributed by atoms with Gasteiger partial charge in [0.1, 0.15) is 4.88 Å². The van der Waals surface area contributed by atoms with Crippen LogP contribution in [0.15, 0.2) is 28.1 Å². The molecule has 0 bridgehead atoms. The van der Waals surface area contributed by atoms with Crippen molar-refractivity contribution in [1.29, 1.82) is 0 Å². The normalized spacial score (nSPS) is 10.3. The highest BCUT2D eigenvalue weighted by atomic mass is 79.9. The van der Waals surface area contributed by atoms with Crippen LogP contribution in [0.2, 0.25) is 0 Å². The average Bonchev–Trinajstić information content (AvgIpc) is 2.82. The Labute approximate surface area is 135 Å². The van der Waals surface area contributed by atoms with E-state index in [1.807, 2.05) is 25.3 Å². The molecule has 0 radical (unpaired) electrons. The van der Waals surface area contributed by atoms with Crippen LogP contribution in [0.25, 0.3) is 0 Å². The van der Waals surface area contributed by atoms with Crippen LogP contribution in [-0.4, -0.2) is 19.0 Å². The van der Waals surface area contributed by atoms with E-state index in [-0.39, 0.29) is 5.91 Å². The van der Waals surface area contributed by atoms with Crippen LogP contribution in [0.5, 0.6) is 0 Å². The molecule has 0 aliphatic rings. The molecule has 21 heavy (non-hydrogen) atoms. The van der Waals surface area contributed by atoms with E-state index < -0.39 is 5.97 Å². The van der Waals surface area contributed by atoms with Gasteiger partial charge in [-0.05, 0) is 48.6 Å². The Morgan fingerprint density at radius 3 is 2.57 bits per heavy atom. The van der Waals surface area contributed by atoms with Gasteiger partial charge >= 0.3 is 5.97 Å². The highest BCUT2D eigenvalue weighted by molar-refractivity contribution is 9.10. The van der Waals surface area contributed by atoms with Crippen molar-refractivity contribution in [2.45, 2.75) is 13.8 Å². The third-order valence-corrected chi connectivity index (χ3v) is 4.97. The SMILES string of the molecule is COC(=O)c1scc(C)c1NC(=O)c1ccc(Br)c(C)c1. The van der Waals surface area contributed by atoms with E-state index in [4.69, 9.17) is 4.74 Å². The number of thiophene rings is 1. The second-order valence-corrected chi connectivity index (χ2v) is 6.27. The van der Waals surface area contributed by atoms with Gasteiger partial charge in [-0.1, -0.05) is 15.9 Å². The summed E-state index contributed by atoms with van der Waals surface area (Å²) in [7, 11) is 1.32. The fraction of sp³-hybridized carbons (Fsp3) is 0.200. The Bertz CT molecular complexity index is 709. The molecule has 2 aromatic rings. The fourth-order valence-corrected chi connectivity index (χ4v) is 2.98. The summed E-state index contributed by atoms with van der Waals surface area (Å²) in [6, 6.07) is 5.34. The number of carbonyl (C=O) groups is 2. The average molecular weight is 368 g/mol. The number of aryl methyl sites for hydroxylation is 2. The highest BCUT2D eigenvalue weighted by Crippen LogP contribution is 2.29. The summed E-state index contributed by atoms with van der Waals surface area (Å²) in [6.07, 6.45) is 0. The van der Waals surface area contributed by atoms with Crippen LogP contribution in [0, 0.1) is 13.8 Å². The van der Waals surface area contributed by atoms with Crippen LogP contribution in [-0.2, 0) is 4.74 Å². The minimum Gasteiger partial charge on any atom is -0.465 e. The molecule has 1 aromatic heterocycles. The first-order valence-electron chi connectivity index (χ1n) is 6.18. The maximum Gasteiger partial charge on any atom is 0.350 e. The van der Waals surface area contributed by atoms with Gasteiger partial charge in [0.15, 0.2) is 0 Å². The Morgan fingerprint density at radius 2 is 1.95 bits per heavy atom. The van der Waals surface area contributed by atoms with Gasteiger partial charge in [0, 0.05) is 10.0 Å². The van der Waals surface area contributed by atoms with Gasteiger partial charge in [0.2, 0.25) is 0 Å². The number of anilines is 1. The lowest BCUT2D eigenvalue weighted by Gasteiger charge is -2.08. The molecular formula is C15H14BrNO3S. The third kappa shape index (κ3) is 3.33. The number of rotatable bonds is 3. The molecule has 1 aromatic carbocycles. The molecule has 0 saturated carbocycles. The van der Waals surface area contributed by atoms with Crippen molar-refractivity contribution in [3.05, 3.63) is 49.6 Å². The molecule has 1 N–H and O–H groups in total. The number of carbonyl (C=O) groups excluding carboxylic acids is 2. The van der Waals surface area contributed by atoms with E-state index in [9.17, 15) is 9.59 Å². The lowest BCUT2D eigenvalue weighted by molar-refractivity contribution is 0.0607. The number of hydrogen-bond donors (Lipinski definition) is 1. The smallest absolute Gasteiger partial charge is 0.350 e. The zero-order valence-electron chi connectivity index (χ0n) is 11.8. The van der Waals surface area contributed by atoms with E-state index in [2.05, 4.69) is 21.2 Å². The second-order valence-electron chi connectivity index (χ2n) is 4.53. The van der Waals surface area contributed by atoms with Gasteiger partial charge in [0.05, 0.1) is 12.8 Å². The zero-order chi connectivity index (χ0) is 15.6. The highest BCUT2D eigenvalue weighted by Gasteiger charge is 2.19. The largest absolute Gasteiger partial charge is 0.465 e. The first kappa shape index (κ1) is 15.7. The minimum absolute atomic E-state index is 0.253. The quantitative estimate of drug-likeness (QED) is 0.828. The van der Waals surface area contributed by atoms with Crippen molar-refractivity contribution in [1.82, 2.24) is 0 Å². The predicted molar refractivity (Wildman–Crippen MR) is 87.2 cm³/mol. The van der Waals surface area contributed by atoms with E-state index in [0.29, 0.717) is 16.1 Å². The monoisotopic (exact) mass is 367 g/mol. The van der Waals surface area contributed by atoms with Gasteiger partial charge in [-0.3, -0.25) is 4.79 Å². The summed E-state index contributed by atoms with van der Waals surface area (Å²) in [5.41, 5.74) is 2.86. The van der Waals surface area contributed by atoms with Crippen LogP contribution < -0.4 is 5.32 Å². The molecule has 0 fully saturated rings. The molecule has 0 saturated heterocycles. The summed E-state index contributed by atoms with van der Waals surface area (Å²) in [5.74, 6) is -0.701. The Balaban J connectivity index is 2.29. The van der Waals surface area contributed by atoms with Crippen molar-refractivity contribution >= 4 is 44.8 Å². The second kappa shape index (κ2) is 6.41. The molecule has 110 valence electrons. The number of hydrogen-bond acceptors (Lipinski definition) is 4. The van der Waals surface area contributed by atoms with Gasteiger partial charge < -0.3 is 10.1 Å². The molecule has 0 unspecified atom stereocenters. The van der Waals surface area contributed by atoms with Crippen LogP contribution in [0.4, 0.5) is 5.69 Å². The summed E-state index contributed by atoms with van der Waals surface area (Å²) in [5, 5.41) is 4.61. The van der Waals surface area contributed by atoms with E-state index in [1.165, 1.54) is 18.4 Å². The van der Waals surface area contributed by atoms with Crippen LogP contribution in [0.1, 0.15) is 31.2 Å². The molecule has 1 heterocycles. The summed E-state index contributed by atoms with van der Waals surface area (Å²) in [4.78, 5) is 24.4. The molecule has 0 aliphatic heterocycles. The van der Waals surface area contributed by atoms with E-state index in [1.54, 1.807) is 12.1 Å². The van der Waals surface area contributed by atoms with Gasteiger partial charge in [-0.25, -0.2) is 4.79 Å². The van der Waals surface area contributed by atoms with Crippen molar-refractivity contribution in [3.63, 3.8) is 0 Å². The first-order valence-corrected chi connectivity index (χ1v) is 7.85. The number of ether oxygens (including phenoxy) is 1. The van der Waals surface area contributed by atoms with Crippen molar-refractivity contribution in [2.75, 3.05) is 12.4 Å². The zero-order valence-corrected chi connectivity index (χ0v) is 14.2. The number of nitrogens with one attached hydrogen (secondary N) is 1. The molecule has 0 aliphatic carbocycles. The molecule has 2 rings (SSSR count). The maximum atomic E-state index is 12.3. The molecule has 4 nitrogen and oxygen atoms in total. The van der Waals surface area contributed by atoms with Crippen molar-refractivity contribution < 1.29 is 14.3 Å². The van der Waals surface area contributed by atoms with Gasteiger partial charge in [-0.2, -0.15) is 0 Å². The summed E-state index contributed by atoms with van der Waals surface area (Å²) < 4.78 is 5.67. The topological polar surface area (TPSA) is 55.4 Å². The fourth-order valence-electron chi connectivity index (χ4n) is 1.81. The molecular weight excluding hydrogens is 354 g/mol. The van der Waals surface area contributed by atoms with E-state index >= 15 is 0 Å². The molecule has 1 amide bonds. The lowest BCUT2D eigenvalue weighted by Crippen LogP contribution is -2.15. The van der Waals surface area contributed by atoms with Crippen LogP contribution >= 0.6 is 27.3 Å². The lowest BCUT2D eigenvalue weighted by atomic mass is 10.1. The minimum atomic E-state index is -0.449. The predicted octanol–water partition coefficient (Wildman–Crippen LogP) is 4.17. The van der Waals surface area contributed by atoms with Gasteiger partial charge in [0.25, 0.3) is 5.91 Å². The summed E-state index contributed by atoms with van der Waals surface area (Å²) in [6.45, 7) is 3.75. The Kier molecular flexibility index (Phi) is 4.80. The number of halogens is 1. The van der Waals surface area contributed by atoms with Crippen molar-refractivity contribution in [3.8, 4) is 0 Å². The van der Waals surface area contributed by atoms with E-state index in [0.717, 1.165) is 15.6 Å². The Hall–Kier alpha value is -1.66. The molecule has 0 spiro atoms. The molecule has 0 atom stereocenters. The maximum absolute atomic E-state index is 12.3. The van der Waals surface area contributed by atoms with Gasteiger partial charge in [-0.15, -0.1) is 11.3 Å². The number of benzene rings is 1. The standard InChI is InChI=1S/C15H14BrNO3S/c1-8-6-10(4-5-11(8)16)14(18)17-12-9(2)7-21-13(12)15(19)20-3/h4-7H,1-3H3,(H,17,18). The third-order valence-electron chi connectivity index (χ3n) is 3.00. The number of esters is 1. The Morgan fingerprint density at radius 1 is 1.24 bits per heavy atom. The number of methoxy groups -OCH3 is 1.